The van der Waals surface area contributed by atoms with Crippen LogP contribution in [0.2, 0.25) is 0 Å². The average molecular weight is 321 g/mol. The minimum absolute atomic E-state index is 0.0129. The molecule has 0 aromatic heterocycles. The first-order valence-electron chi connectivity index (χ1n) is 7.86. The number of benzene rings is 1. The van der Waals surface area contributed by atoms with Crippen molar-refractivity contribution >= 4 is 11.7 Å². The van der Waals surface area contributed by atoms with Crippen LogP contribution in [0.15, 0.2) is 24.3 Å². The number of urea groups is 1. The molecule has 126 valence electrons. The van der Waals surface area contributed by atoms with Gasteiger partial charge in [0.25, 0.3) is 5.69 Å². The maximum absolute atomic E-state index is 12.2. The topological polar surface area (TPSA) is 95.7 Å². The van der Waals surface area contributed by atoms with Crippen LogP contribution in [0.4, 0.5) is 10.5 Å². The van der Waals surface area contributed by atoms with Crippen LogP contribution in [0.5, 0.6) is 0 Å². The van der Waals surface area contributed by atoms with E-state index < -0.39 is 4.92 Å². The van der Waals surface area contributed by atoms with Crippen molar-refractivity contribution in [3.05, 3.63) is 39.9 Å². The molecule has 0 spiro atoms. The van der Waals surface area contributed by atoms with Gasteiger partial charge in [0.1, 0.15) is 0 Å². The number of nitro benzene ring substituents is 1. The van der Waals surface area contributed by atoms with Gasteiger partial charge in [0.05, 0.1) is 11.5 Å². The highest BCUT2D eigenvalue weighted by Gasteiger charge is 2.26. The molecule has 0 radical (unpaired) electrons. The van der Waals surface area contributed by atoms with Gasteiger partial charge in [-0.3, -0.25) is 10.1 Å². The molecule has 0 atom stereocenters. The van der Waals surface area contributed by atoms with Gasteiger partial charge in [0.15, 0.2) is 0 Å². The van der Waals surface area contributed by atoms with Crippen LogP contribution in [-0.4, -0.2) is 40.7 Å². The summed E-state index contributed by atoms with van der Waals surface area (Å²) < 4.78 is 0. The number of carbonyl (C=O) groups is 1. The molecular weight excluding hydrogens is 298 g/mol. The molecule has 0 unspecified atom stereocenters. The zero-order valence-electron chi connectivity index (χ0n) is 13.3. The normalized spacial score (nSPS) is 20.8. The second-order valence-electron chi connectivity index (χ2n) is 6.01. The average Bonchev–Trinajstić information content (AvgIpc) is 2.59. The van der Waals surface area contributed by atoms with Crippen molar-refractivity contribution in [3.8, 4) is 0 Å². The summed E-state index contributed by atoms with van der Waals surface area (Å²) in [7, 11) is 1.75. The van der Waals surface area contributed by atoms with E-state index in [1.165, 1.54) is 6.07 Å². The number of nitrogens with zero attached hydrogens (tertiary/aromatic N) is 2. The molecule has 0 saturated heterocycles. The van der Waals surface area contributed by atoms with Gasteiger partial charge in [0, 0.05) is 31.3 Å². The molecule has 1 aromatic rings. The van der Waals surface area contributed by atoms with E-state index >= 15 is 0 Å². The molecule has 7 heteroatoms. The highest BCUT2D eigenvalue weighted by molar-refractivity contribution is 5.74. The third-order valence-electron chi connectivity index (χ3n) is 4.56. The molecule has 1 aliphatic rings. The lowest BCUT2D eigenvalue weighted by molar-refractivity contribution is -0.385. The first kappa shape index (κ1) is 17.2. The maximum Gasteiger partial charge on any atom is 0.317 e. The number of aliphatic hydroxyl groups excluding tert-OH is 1. The van der Waals surface area contributed by atoms with Crippen molar-refractivity contribution in [1.82, 2.24) is 10.2 Å². The summed E-state index contributed by atoms with van der Waals surface area (Å²) >= 11 is 0. The summed E-state index contributed by atoms with van der Waals surface area (Å²) in [5.74, 6) is 0.342. The molecule has 2 rings (SSSR count). The zero-order chi connectivity index (χ0) is 16.8. The molecule has 1 saturated carbocycles. The number of amides is 2. The molecule has 1 aliphatic carbocycles. The van der Waals surface area contributed by atoms with E-state index in [-0.39, 0.29) is 30.9 Å². The predicted molar refractivity (Wildman–Crippen MR) is 85.9 cm³/mol. The van der Waals surface area contributed by atoms with Gasteiger partial charge in [0.2, 0.25) is 0 Å². The summed E-state index contributed by atoms with van der Waals surface area (Å²) in [5, 5.41) is 22.9. The maximum atomic E-state index is 12.2. The molecule has 2 N–H and O–H groups in total. The number of hydrogen-bond donors (Lipinski definition) is 2. The number of nitro groups is 1. The van der Waals surface area contributed by atoms with Crippen molar-refractivity contribution in [2.24, 2.45) is 5.92 Å². The molecule has 0 bridgehead atoms. The van der Waals surface area contributed by atoms with Crippen molar-refractivity contribution < 1.29 is 14.8 Å². The lowest BCUT2D eigenvalue weighted by atomic mass is 9.86. The number of aliphatic hydroxyl groups is 1. The Kier molecular flexibility index (Phi) is 5.92. The van der Waals surface area contributed by atoms with Crippen LogP contribution in [-0.2, 0) is 6.54 Å². The highest BCUT2D eigenvalue weighted by atomic mass is 16.6. The summed E-state index contributed by atoms with van der Waals surface area (Å²) in [4.78, 5) is 24.4. The predicted octanol–water partition coefficient (Wildman–Crippen LogP) is 2.29. The van der Waals surface area contributed by atoms with E-state index in [1.54, 1.807) is 30.1 Å². The first-order chi connectivity index (χ1) is 11.0. The van der Waals surface area contributed by atoms with Crippen molar-refractivity contribution in [2.45, 2.75) is 38.3 Å². The van der Waals surface area contributed by atoms with Gasteiger partial charge in [-0.2, -0.15) is 0 Å². The van der Waals surface area contributed by atoms with E-state index in [0.717, 1.165) is 25.7 Å². The van der Waals surface area contributed by atoms with E-state index in [2.05, 4.69) is 5.32 Å². The fourth-order valence-electron chi connectivity index (χ4n) is 3.01. The summed E-state index contributed by atoms with van der Waals surface area (Å²) in [6.07, 6.45) is 3.59. The zero-order valence-corrected chi connectivity index (χ0v) is 13.3. The number of rotatable bonds is 5. The third-order valence-corrected chi connectivity index (χ3v) is 4.56. The summed E-state index contributed by atoms with van der Waals surface area (Å²) in [6.45, 7) is 0.340. The van der Waals surface area contributed by atoms with Crippen LogP contribution >= 0.6 is 0 Å². The Morgan fingerprint density at radius 3 is 2.61 bits per heavy atom. The molecule has 0 heterocycles. The summed E-state index contributed by atoms with van der Waals surface area (Å²) in [5.41, 5.74) is 0.502. The van der Waals surface area contributed by atoms with Crippen LogP contribution in [0, 0.1) is 16.0 Å². The van der Waals surface area contributed by atoms with Gasteiger partial charge in [-0.25, -0.2) is 4.79 Å². The van der Waals surface area contributed by atoms with Gasteiger partial charge in [-0.05, 0) is 31.6 Å². The number of nitrogens with one attached hydrogen (secondary N) is 1. The molecular formula is C16H23N3O4. The largest absolute Gasteiger partial charge is 0.396 e. The fourth-order valence-corrected chi connectivity index (χ4v) is 3.01. The van der Waals surface area contributed by atoms with Crippen LogP contribution in [0.25, 0.3) is 0 Å². The molecule has 2 amide bonds. The quantitative estimate of drug-likeness (QED) is 0.642. The van der Waals surface area contributed by atoms with Gasteiger partial charge in [-0.1, -0.05) is 18.2 Å². The monoisotopic (exact) mass is 321 g/mol. The summed E-state index contributed by atoms with van der Waals surface area (Å²) in [6, 6.07) is 6.33. The van der Waals surface area contributed by atoms with Gasteiger partial charge >= 0.3 is 6.03 Å². The minimum Gasteiger partial charge on any atom is -0.396 e. The smallest absolute Gasteiger partial charge is 0.317 e. The highest BCUT2D eigenvalue weighted by Crippen LogP contribution is 2.26. The Labute approximate surface area is 135 Å². The SMILES string of the molecule is CN(C(=O)NCc1ccccc1[N+](=O)[O-])C1CCC(CO)CC1. The van der Waals surface area contributed by atoms with Crippen molar-refractivity contribution in [1.29, 1.82) is 0 Å². The van der Waals surface area contributed by atoms with Crippen LogP contribution in [0.3, 0.4) is 0 Å². The molecule has 1 aromatic carbocycles. The molecule has 7 nitrogen and oxygen atoms in total. The van der Waals surface area contributed by atoms with E-state index in [9.17, 15) is 14.9 Å². The Bertz CT molecular complexity index is 556. The van der Waals surface area contributed by atoms with Crippen molar-refractivity contribution in [2.75, 3.05) is 13.7 Å². The minimum atomic E-state index is -0.443. The second-order valence-corrected chi connectivity index (χ2v) is 6.01. The Hall–Kier alpha value is -2.15. The third kappa shape index (κ3) is 4.41. The van der Waals surface area contributed by atoms with E-state index in [4.69, 9.17) is 5.11 Å². The van der Waals surface area contributed by atoms with E-state index in [1.807, 2.05) is 0 Å². The van der Waals surface area contributed by atoms with Crippen molar-refractivity contribution in [3.63, 3.8) is 0 Å². The lowest BCUT2D eigenvalue weighted by Crippen LogP contribution is -2.45. The van der Waals surface area contributed by atoms with Crippen LogP contribution < -0.4 is 5.32 Å². The standard InChI is InChI=1S/C16H23N3O4/c1-18(14-8-6-12(11-20)7-9-14)16(21)17-10-13-4-2-3-5-15(13)19(22)23/h2-5,12,14,20H,6-11H2,1H3,(H,17,21). The van der Waals surface area contributed by atoms with Crippen LogP contribution in [0.1, 0.15) is 31.2 Å². The molecule has 23 heavy (non-hydrogen) atoms. The Balaban J connectivity index is 1.89. The number of hydrogen-bond acceptors (Lipinski definition) is 4. The van der Waals surface area contributed by atoms with Gasteiger partial charge in [-0.15, -0.1) is 0 Å². The Morgan fingerprint density at radius 2 is 2.00 bits per heavy atom. The molecule has 1 fully saturated rings. The lowest BCUT2D eigenvalue weighted by Gasteiger charge is -2.34. The number of para-hydroxylation sites is 1. The second kappa shape index (κ2) is 7.92. The fraction of sp³-hybridized carbons (Fsp3) is 0.562. The molecule has 0 aliphatic heterocycles. The van der Waals surface area contributed by atoms with Gasteiger partial charge < -0.3 is 15.3 Å². The Morgan fingerprint density at radius 1 is 1.35 bits per heavy atom. The first-order valence-corrected chi connectivity index (χ1v) is 7.86. The van der Waals surface area contributed by atoms with E-state index in [0.29, 0.717) is 11.5 Å². The number of carbonyl (C=O) groups excluding carboxylic acids is 1.